The van der Waals surface area contributed by atoms with Gasteiger partial charge in [-0.1, -0.05) is 30.9 Å². The molecule has 1 aromatic rings. The molecule has 0 atom stereocenters. The number of nitrogens with two attached hydrogens (primary N) is 2. The van der Waals surface area contributed by atoms with E-state index in [2.05, 4.69) is 0 Å². The van der Waals surface area contributed by atoms with E-state index in [1.165, 1.54) is 6.42 Å². The van der Waals surface area contributed by atoms with Gasteiger partial charge in [0.05, 0.1) is 16.6 Å². The molecule has 0 unspecified atom stereocenters. The normalized spacial score (nSPS) is 26.3. The molecular formula is C17H23ClN2O3. The first-order valence-corrected chi connectivity index (χ1v) is 8.55. The second-order valence-corrected chi connectivity index (χ2v) is 7.20. The fraction of sp³-hybridized carbons (Fsp3) is 0.588. The van der Waals surface area contributed by atoms with Crippen molar-refractivity contribution in [3.63, 3.8) is 0 Å². The zero-order valence-electron chi connectivity index (χ0n) is 13.1. The summed E-state index contributed by atoms with van der Waals surface area (Å²) in [4.78, 5) is 10.9. The molecule has 3 rings (SSSR count). The van der Waals surface area contributed by atoms with Crippen LogP contribution in [0.4, 0.5) is 5.69 Å². The lowest BCUT2D eigenvalue weighted by Crippen LogP contribution is -2.42. The Hall–Kier alpha value is -1.46. The molecule has 2 aliphatic rings. The molecule has 0 aromatic heterocycles. The fourth-order valence-corrected chi connectivity index (χ4v) is 3.82. The highest BCUT2D eigenvalue weighted by Gasteiger charge is 2.39. The molecule has 6 heteroatoms. The zero-order chi connectivity index (χ0) is 16.6. The number of ether oxygens (including phenoxy) is 1. The molecule has 0 bridgehead atoms. The minimum atomic E-state index is -0.761. The van der Waals surface area contributed by atoms with Crippen molar-refractivity contribution in [1.29, 1.82) is 0 Å². The van der Waals surface area contributed by atoms with Crippen LogP contribution >= 0.6 is 11.6 Å². The first-order chi connectivity index (χ1) is 10.9. The Kier molecular flexibility index (Phi) is 4.43. The number of benzene rings is 1. The predicted octanol–water partition coefficient (Wildman–Crippen LogP) is 3.28. The van der Waals surface area contributed by atoms with Crippen LogP contribution < -0.4 is 16.2 Å². The number of anilines is 1. The zero-order valence-corrected chi connectivity index (χ0v) is 13.8. The highest BCUT2D eigenvalue weighted by molar-refractivity contribution is 6.33. The van der Waals surface area contributed by atoms with E-state index in [0.717, 1.165) is 31.2 Å². The molecule has 0 spiro atoms. The van der Waals surface area contributed by atoms with Gasteiger partial charge in [-0.3, -0.25) is 4.79 Å². The van der Waals surface area contributed by atoms with Crippen molar-refractivity contribution in [3.05, 3.63) is 22.7 Å². The molecule has 0 aliphatic heterocycles. The van der Waals surface area contributed by atoms with Crippen LogP contribution in [0.2, 0.25) is 5.02 Å². The number of carboxylic acids is 1. The molecule has 1 aromatic carbocycles. The van der Waals surface area contributed by atoms with Crippen LogP contribution in [-0.2, 0) is 10.3 Å². The highest BCUT2D eigenvalue weighted by atomic mass is 35.5. The van der Waals surface area contributed by atoms with Crippen LogP contribution in [0.15, 0.2) is 12.1 Å². The summed E-state index contributed by atoms with van der Waals surface area (Å²) in [5, 5.41) is 9.47. The lowest BCUT2D eigenvalue weighted by atomic mass is 9.76. The van der Waals surface area contributed by atoms with Gasteiger partial charge in [-0.05, 0) is 37.8 Å². The minimum absolute atomic E-state index is 0.0948. The molecule has 0 heterocycles. The number of nitrogen functional groups attached to an aromatic ring is 1. The summed E-state index contributed by atoms with van der Waals surface area (Å²) >= 11 is 6.20. The van der Waals surface area contributed by atoms with E-state index < -0.39 is 11.5 Å². The van der Waals surface area contributed by atoms with Crippen molar-refractivity contribution in [2.24, 2.45) is 11.7 Å². The number of carboxylic acid groups (broad SMARTS) is 1. The van der Waals surface area contributed by atoms with Gasteiger partial charge < -0.3 is 21.3 Å². The average Bonchev–Trinajstić information content (AvgIpc) is 2.46. The van der Waals surface area contributed by atoms with Gasteiger partial charge in [0, 0.05) is 11.1 Å². The first kappa shape index (κ1) is 16.4. The van der Waals surface area contributed by atoms with E-state index in [9.17, 15) is 4.79 Å². The van der Waals surface area contributed by atoms with Crippen LogP contribution in [0.1, 0.15) is 50.5 Å². The van der Waals surface area contributed by atoms with Gasteiger partial charge >= 0.3 is 5.97 Å². The van der Waals surface area contributed by atoms with Gasteiger partial charge in [-0.15, -0.1) is 0 Å². The van der Waals surface area contributed by atoms with E-state index in [-0.39, 0.29) is 12.0 Å². The van der Waals surface area contributed by atoms with Gasteiger partial charge in [0.1, 0.15) is 11.9 Å². The standard InChI is InChI=1S/C17H23ClN2O3/c18-12-4-5-13(23-11-8-10(9-11)16(21)22)14(15(12)19)17(20)6-2-1-3-7-17/h4-5,10-11H,1-3,6-9,19-20H2,(H,21,22). The summed E-state index contributed by atoms with van der Waals surface area (Å²) in [5.74, 6) is -0.414. The third kappa shape index (κ3) is 3.12. The molecule has 0 saturated heterocycles. The van der Waals surface area contributed by atoms with E-state index in [4.69, 9.17) is 32.9 Å². The van der Waals surface area contributed by atoms with Crippen molar-refractivity contribution in [3.8, 4) is 5.75 Å². The topological polar surface area (TPSA) is 98.6 Å². The lowest BCUT2D eigenvalue weighted by Gasteiger charge is -2.38. The Bertz CT molecular complexity index is 608. The summed E-state index contributed by atoms with van der Waals surface area (Å²) in [6, 6.07) is 3.53. The third-order valence-electron chi connectivity index (χ3n) is 5.14. The second kappa shape index (κ2) is 6.21. The third-order valence-corrected chi connectivity index (χ3v) is 5.47. The number of carbonyl (C=O) groups is 1. The molecule has 2 aliphatic carbocycles. The molecule has 0 amide bonds. The monoisotopic (exact) mass is 338 g/mol. The Morgan fingerprint density at radius 3 is 2.52 bits per heavy atom. The molecule has 126 valence electrons. The number of hydrogen-bond donors (Lipinski definition) is 3. The van der Waals surface area contributed by atoms with Crippen molar-refractivity contribution in [2.45, 2.75) is 56.6 Å². The molecule has 2 saturated carbocycles. The number of aliphatic carboxylic acids is 1. The summed E-state index contributed by atoms with van der Waals surface area (Å²) < 4.78 is 6.03. The average molecular weight is 339 g/mol. The Morgan fingerprint density at radius 1 is 1.26 bits per heavy atom. The maximum absolute atomic E-state index is 10.9. The van der Waals surface area contributed by atoms with Gasteiger partial charge in [0.25, 0.3) is 0 Å². The number of rotatable bonds is 4. The molecule has 0 radical (unpaired) electrons. The second-order valence-electron chi connectivity index (χ2n) is 6.80. The van der Waals surface area contributed by atoms with E-state index in [0.29, 0.717) is 29.3 Å². The van der Waals surface area contributed by atoms with E-state index in [1.807, 2.05) is 6.07 Å². The lowest BCUT2D eigenvalue weighted by molar-refractivity contribution is -0.147. The molecule has 5 N–H and O–H groups in total. The van der Waals surface area contributed by atoms with Crippen molar-refractivity contribution >= 4 is 23.3 Å². The SMILES string of the molecule is Nc1c(Cl)ccc(OC2CC(C(=O)O)C2)c1C1(N)CCCCC1. The largest absolute Gasteiger partial charge is 0.490 e. The van der Waals surface area contributed by atoms with E-state index >= 15 is 0 Å². The van der Waals surface area contributed by atoms with Crippen molar-refractivity contribution in [2.75, 3.05) is 5.73 Å². The molecule has 5 nitrogen and oxygen atoms in total. The Balaban J connectivity index is 1.86. The van der Waals surface area contributed by atoms with E-state index in [1.54, 1.807) is 6.07 Å². The van der Waals surface area contributed by atoms with Crippen LogP contribution in [-0.4, -0.2) is 17.2 Å². The summed E-state index contributed by atoms with van der Waals surface area (Å²) in [7, 11) is 0. The van der Waals surface area contributed by atoms with Gasteiger partial charge in [0.15, 0.2) is 0 Å². The van der Waals surface area contributed by atoms with Crippen LogP contribution in [0.3, 0.4) is 0 Å². The highest BCUT2D eigenvalue weighted by Crippen LogP contribution is 2.45. The molecule has 2 fully saturated rings. The summed E-state index contributed by atoms with van der Waals surface area (Å²) in [6.45, 7) is 0. The van der Waals surface area contributed by atoms with Crippen LogP contribution in [0.25, 0.3) is 0 Å². The molecule has 23 heavy (non-hydrogen) atoms. The Labute approximate surface area is 140 Å². The quantitative estimate of drug-likeness (QED) is 0.732. The van der Waals surface area contributed by atoms with Crippen LogP contribution in [0, 0.1) is 5.92 Å². The number of hydrogen-bond acceptors (Lipinski definition) is 4. The van der Waals surface area contributed by atoms with Gasteiger partial charge in [-0.2, -0.15) is 0 Å². The maximum atomic E-state index is 10.9. The first-order valence-electron chi connectivity index (χ1n) is 8.17. The Morgan fingerprint density at radius 2 is 1.91 bits per heavy atom. The van der Waals surface area contributed by atoms with Crippen molar-refractivity contribution < 1.29 is 14.6 Å². The smallest absolute Gasteiger partial charge is 0.306 e. The van der Waals surface area contributed by atoms with Gasteiger partial charge in [-0.25, -0.2) is 0 Å². The van der Waals surface area contributed by atoms with Crippen molar-refractivity contribution in [1.82, 2.24) is 0 Å². The van der Waals surface area contributed by atoms with Crippen LogP contribution in [0.5, 0.6) is 5.75 Å². The van der Waals surface area contributed by atoms with Gasteiger partial charge in [0.2, 0.25) is 0 Å². The maximum Gasteiger partial charge on any atom is 0.306 e. The number of halogens is 1. The fourth-order valence-electron chi connectivity index (χ4n) is 3.66. The molecular weight excluding hydrogens is 316 g/mol. The summed E-state index contributed by atoms with van der Waals surface area (Å²) in [5.41, 5.74) is 13.6. The minimum Gasteiger partial charge on any atom is -0.490 e. The predicted molar refractivity (Wildman–Crippen MR) is 89.6 cm³/mol. The summed E-state index contributed by atoms with van der Waals surface area (Å²) in [6.07, 6.45) is 5.97.